The van der Waals surface area contributed by atoms with Gasteiger partial charge in [-0.15, -0.1) is 10.2 Å². The quantitative estimate of drug-likeness (QED) is 0.713. The van der Waals surface area contributed by atoms with Crippen molar-refractivity contribution in [2.24, 2.45) is 0 Å². The Morgan fingerprint density at radius 1 is 1.32 bits per heavy atom. The summed E-state index contributed by atoms with van der Waals surface area (Å²) in [5.41, 5.74) is 0.891. The van der Waals surface area contributed by atoms with Crippen molar-refractivity contribution in [3.05, 3.63) is 24.0 Å². The minimum Gasteiger partial charge on any atom is -0.391 e. The highest BCUT2D eigenvalue weighted by Crippen LogP contribution is 2.15. The van der Waals surface area contributed by atoms with Crippen molar-refractivity contribution in [1.29, 1.82) is 0 Å². The van der Waals surface area contributed by atoms with Gasteiger partial charge in [0.15, 0.2) is 5.82 Å². The number of rotatable bonds is 9. The Morgan fingerprint density at radius 3 is 3.04 bits per heavy atom. The molecule has 3 rings (SSSR count). The molecule has 138 valence electrons. The normalized spacial score (nSPS) is 15.4. The highest BCUT2D eigenvalue weighted by Gasteiger charge is 2.16. The predicted octanol–water partition coefficient (Wildman–Crippen LogP) is 1.45. The van der Waals surface area contributed by atoms with Crippen LogP contribution in [0.1, 0.15) is 44.8 Å². The van der Waals surface area contributed by atoms with Gasteiger partial charge in [-0.1, -0.05) is 0 Å². The minimum absolute atomic E-state index is 0.196. The summed E-state index contributed by atoms with van der Waals surface area (Å²) in [6.45, 7) is 6.64. The summed E-state index contributed by atoms with van der Waals surface area (Å²) >= 11 is 0. The average molecular weight is 348 g/mol. The summed E-state index contributed by atoms with van der Waals surface area (Å²) < 4.78 is 9.51. The highest BCUT2D eigenvalue weighted by atomic mass is 16.5. The maximum absolute atomic E-state index is 9.98. The number of aliphatic hydroxyl groups is 1. The average Bonchev–Trinajstić information content (AvgIpc) is 3.20. The van der Waals surface area contributed by atoms with Crippen LogP contribution in [0.25, 0.3) is 0 Å². The molecule has 0 bridgehead atoms. The maximum Gasteiger partial charge on any atom is 0.154 e. The smallest absolute Gasteiger partial charge is 0.154 e. The van der Waals surface area contributed by atoms with E-state index in [0.29, 0.717) is 26.1 Å². The molecule has 0 unspecified atom stereocenters. The van der Waals surface area contributed by atoms with E-state index in [1.807, 2.05) is 24.7 Å². The van der Waals surface area contributed by atoms with Gasteiger partial charge >= 0.3 is 0 Å². The summed E-state index contributed by atoms with van der Waals surface area (Å²) in [7, 11) is 0. The zero-order chi connectivity index (χ0) is 17.6. The second kappa shape index (κ2) is 8.44. The van der Waals surface area contributed by atoms with Crippen molar-refractivity contribution in [3.8, 4) is 0 Å². The lowest BCUT2D eigenvalue weighted by atomic mass is 10.2. The van der Waals surface area contributed by atoms with E-state index in [-0.39, 0.29) is 6.10 Å². The Labute approximate surface area is 148 Å². The number of anilines is 1. The van der Waals surface area contributed by atoms with E-state index in [9.17, 15) is 5.11 Å². The van der Waals surface area contributed by atoms with Crippen molar-refractivity contribution in [1.82, 2.24) is 24.5 Å². The molecular weight excluding hydrogens is 320 g/mol. The largest absolute Gasteiger partial charge is 0.391 e. The fraction of sp³-hybridized carbons (Fsp3) is 0.706. The first kappa shape index (κ1) is 17.9. The molecule has 0 saturated carbocycles. The third-order valence-corrected chi connectivity index (χ3v) is 4.32. The standard InChI is InChI=1S/C17H28N6O2/c1-13(2)25-8-6-15(24)10-18-14-9-19-22(11-14)12-17-21-20-16-5-3-4-7-23(16)17/h9,11,13,15,18,24H,3-8,10,12H2,1-2H3/t15-/m0/s1. The molecule has 8 nitrogen and oxygen atoms in total. The highest BCUT2D eigenvalue weighted by molar-refractivity contribution is 5.38. The molecule has 0 fully saturated rings. The number of aromatic nitrogens is 5. The Kier molecular flexibility index (Phi) is 6.04. The topological polar surface area (TPSA) is 90.0 Å². The Morgan fingerprint density at radius 2 is 2.20 bits per heavy atom. The molecule has 0 aromatic carbocycles. The number of fused-ring (bicyclic) bond motifs is 1. The summed E-state index contributed by atoms with van der Waals surface area (Å²) in [4.78, 5) is 0. The molecule has 8 heteroatoms. The molecule has 3 heterocycles. The monoisotopic (exact) mass is 348 g/mol. The van der Waals surface area contributed by atoms with Crippen LogP contribution in [-0.2, 0) is 24.2 Å². The van der Waals surface area contributed by atoms with Crippen LogP contribution < -0.4 is 5.32 Å². The Bertz CT molecular complexity index is 666. The number of nitrogens with zero attached hydrogens (tertiary/aromatic N) is 5. The minimum atomic E-state index is -0.439. The molecule has 2 aromatic heterocycles. The third kappa shape index (κ3) is 5.02. The predicted molar refractivity (Wildman–Crippen MR) is 94.5 cm³/mol. The number of hydrogen-bond donors (Lipinski definition) is 2. The van der Waals surface area contributed by atoms with Crippen LogP contribution in [0, 0.1) is 0 Å². The summed E-state index contributed by atoms with van der Waals surface area (Å²) in [5.74, 6) is 2.04. The van der Waals surface area contributed by atoms with Gasteiger partial charge in [-0.2, -0.15) is 5.10 Å². The molecule has 0 amide bonds. The van der Waals surface area contributed by atoms with Gasteiger partial charge < -0.3 is 19.7 Å². The second-order valence-corrected chi connectivity index (χ2v) is 6.81. The van der Waals surface area contributed by atoms with Crippen LogP contribution >= 0.6 is 0 Å². The number of nitrogens with one attached hydrogen (secondary N) is 1. The molecular formula is C17H28N6O2. The summed E-state index contributed by atoms with van der Waals surface area (Å²) in [5, 5.41) is 26.1. The van der Waals surface area contributed by atoms with Gasteiger partial charge in [-0.3, -0.25) is 4.68 Å². The number of aliphatic hydroxyl groups excluding tert-OH is 1. The molecule has 2 N–H and O–H groups in total. The molecule has 1 atom stereocenters. The lowest BCUT2D eigenvalue weighted by Crippen LogP contribution is -2.21. The number of ether oxygens (including phenoxy) is 1. The summed E-state index contributed by atoms with van der Waals surface area (Å²) in [6.07, 6.45) is 7.46. The zero-order valence-electron chi connectivity index (χ0n) is 15.1. The van der Waals surface area contributed by atoms with Gasteiger partial charge in [0.25, 0.3) is 0 Å². The fourth-order valence-corrected chi connectivity index (χ4v) is 2.95. The van der Waals surface area contributed by atoms with Gasteiger partial charge in [0.05, 0.1) is 24.1 Å². The van der Waals surface area contributed by atoms with E-state index in [0.717, 1.165) is 30.3 Å². The Hall–Kier alpha value is -1.93. The van der Waals surface area contributed by atoms with Gasteiger partial charge in [0.1, 0.15) is 12.4 Å². The molecule has 1 aliphatic rings. The summed E-state index contributed by atoms with van der Waals surface area (Å²) in [6, 6.07) is 0. The number of hydrogen-bond acceptors (Lipinski definition) is 6. The SMILES string of the molecule is CC(C)OCC[C@H](O)CNc1cnn(Cc2nnc3n2CCCC3)c1. The van der Waals surface area contributed by atoms with Gasteiger partial charge in [0, 0.05) is 32.3 Å². The van der Waals surface area contributed by atoms with E-state index in [1.165, 1.54) is 12.8 Å². The van der Waals surface area contributed by atoms with Crippen LogP contribution in [0.3, 0.4) is 0 Å². The molecule has 1 aliphatic heterocycles. The van der Waals surface area contributed by atoms with Crippen LogP contribution in [0.4, 0.5) is 5.69 Å². The molecule has 0 aliphatic carbocycles. The first-order valence-electron chi connectivity index (χ1n) is 9.09. The van der Waals surface area contributed by atoms with Crippen molar-refractivity contribution in [3.63, 3.8) is 0 Å². The van der Waals surface area contributed by atoms with Crippen LogP contribution in [0.2, 0.25) is 0 Å². The van der Waals surface area contributed by atoms with E-state index in [1.54, 1.807) is 6.20 Å². The fourth-order valence-electron chi connectivity index (χ4n) is 2.95. The van der Waals surface area contributed by atoms with Crippen molar-refractivity contribution in [2.75, 3.05) is 18.5 Å². The van der Waals surface area contributed by atoms with Crippen molar-refractivity contribution < 1.29 is 9.84 Å². The van der Waals surface area contributed by atoms with Gasteiger partial charge in [-0.05, 0) is 33.1 Å². The number of aryl methyl sites for hydroxylation is 1. The maximum atomic E-state index is 9.98. The molecule has 0 saturated heterocycles. The lowest BCUT2D eigenvalue weighted by molar-refractivity contribution is 0.0500. The van der Waals surface area contributed by atoms with Gasteiger partial charge in [0.2, 0.25) is 0 Å². The van der Waals surface area contributed by atoms with Crippen molar-refractivity contribution >= 4 is 5.69 Å². The van der Waals surface area contributed by atoms with E-state index in [4.69, 9.17) is 4.74 Å². The first-order valence-corrected chi connectivity index (χ1v) is 9.09. The van der Waals surface area contributed by atoms with E-state index >= 15 is 0 Å². The Balaban J connectivity index is 1.47. The van der Waals surface area contributed by atoms with Crippen molar-refractivity contribution in [2.45, 2.75) is 64.8 Å². The van der Waals surface area contributed by atoms with E-state index < -0.39 is 6.10 Å². The lowest BCUT2D eigenvalue weighted by Gasteiger charge is -2.14. The molecule has 0 spiro atoms. The first-order chi connectivity index (χ1) is 12.1. The molecule has 2 aromatic rings. The van der Waals surface area contributed by atoms with Crippen LogP contribution in [-0.4, -0.2) is 55.0 Å². The molecule has 0 radical (unpaired) electrons. The van der Waals surface area contributed by atoms with Crippen LogP contribution in [0.5, 0.6) is 0 Å². The third-order valence-electron chi connectivity index (χ3n) is 4.32. The zero-order valence-corrected chi connectivity index (χ0v) is 15.1. The van der Waals surface area contributed by atoms with E-state index in [2.05, 4.69) is 25.2 Å². The second-order valence-electron chi connectivity index (χ2n) is 6.81. The van der Waals surface area contributed by atoms with Crippen LogP contribution in [0.15, 0.2) is 12.4 Å². The van der Waals surface area contributed by atoms with Gasteiger partial charge in [-0.25, -0.2) is 0 Å². The molecule has 25 heavy (non-hydrogen) atoms.